The summed E-state index contributed by atoms with van der Waals surface area (Å²) in [6.07, 6.45) is 1.06. The van der Waals surface area contributed by atoms with Gasteiger partial charge in [0.1, 0.15) is 12.4 Å². The highest BCUT2D eigenvalue weighted by molar-refractivity contribution is 5.28. The van der Waals surface area contributed by atoms with Crippen molar-refractivity contribution in [1.29, 1.82) is 0 Å². The molecule has 0 radical (unpaired) electrons. The predicted octanol–water partition coefficient (Wildman–Crippen LogP) is 1.92. The lowest BCUT2D eigenvalue weighted by molar-refractivity contribution is 0.132. The molecule has 0 aromatic heterocycles. The van der Waals surface area contributed by atoms with Crippen LogP contribution in [-0.2, 0) is 6.42 Å². The Labute approximate surface area is 110 Å². The molecule has 1 aromatic rings. The zero-order chi connectivity index (χ0) is 12.8. The summed E-state index contributed by atoms with van der Waals surface area (Å²) in [6, 6.07) is 8.89. The van der Waals surface area contributed by atoms with E-state index in [0.717, 1.165) is 45.0 Å². The lowest BCUT2D eigenvalue weighted by Crippen LogP contribution is -2.49. The molecule has 1 N–H and O–H groups in total. The first-order valence-electron chi connectivity index (χ1n) is 6.96. The number of aryl methyl sites for hydroxylation is 1. The lowest BCUT2D eigenvalue weighted by atomic mass is 10.2. The Morgan fingerprint density at radius 1 is 1.33 bits per heavy atom. The van der Waals surface area contributed by atoms with Crippen LogP contribution in [0.1, 0.15) is 19.4 Å². The summed E-state index contributed by atoms with van der Waals surface area (Å²) in [6.45, 7) is 9.62. The molecule has 0 spiro atoms. The molecule has 0 aliphatic carbocycles. The zero-order valence-electron chi connectivity index (χ0n) is 11.5. The molecule has 0 bridgehead atoms. The van der Waals surface area contributed by atoms with Crippen molar-refractivity contribution in [2.24, 2.45) is 0 Å². The van der Waals surface area contributed by atoms with Crippen molar-refractivity contribution in [3.8, 4) is 5.75 Å². The molecule has 1 saturated heterocycles. The molecule has 100 valence electrons. The molecule has 1 aliphatic heterocycles. The Balaban J connectivity index is 1.82. The highest BCUT2D eigenvalue weighted by atomic mass is 16.5. The van der Waals surface area contributed by atoms with E-state index in [1.54, 1.807) is 0 Å². The Hall–Kier alpha value is -1.06. The Kier molecular flexibility index (Phi) is 5.02. The second-order valence-corrected chi connectivity index (χ2v) is 4.95. The molecular formula is C15H24N2O. The molecule has 1 atom stereocenters. The van der Waals surface area contributed by atoms with Crippen LogP contribution in [0.2, 0.25) is 0 Å². The summed E-state index contributed by atoms with van der Waals surface area (Å²) >= 11 is 0. The summed E-state index contributed by atoms with van der Waals surface area (Å²) in [5.41, 5.74) is 1.34. The van der Waals surface area contributed by atoms with Gasteiger partial charge in [0, 0.05) is 32.2 Å². The molecule has 1 unspecified atom stereocenters. The molecule has 1 aliphatic rings. The molecule has 3 heteroatoms. The minimum absolute atomic E-state index is 0.484. The van der Waals surface area contributed by atoms with E-state index in [4.69, 9.17) is 4.74 Å². The monoisotopic (exact) mass is 248 g/mol. The maximum atomic E-state index is 5.90. The van der Waals surface area contributed by atoms with E-state index in [1.165, 1.54) is 5.56 Å². The highest BCUT2D eigenvalue weighted by Crippen LogP contribution is 2.14. The van der Waals surface area contributed by atoms with E-state index >= 15 is 0 Å². The van der Waals surface area contributed by atoms with E-state index in [-0.39, 0.29) is 0 Å². The van der Waals surface area contributed by atoms with Gasteiger partial charge in [0.05, 0.1) is 0 Å². The standard InChI is InChI=1S/C15H24N2O/c1-3-14-5-4-6-15(11-14)18-12-13(2)17-9-7-16-8-10-17/h4-6,11,13,16H,3,7-10,12H2,1-2H3. The summed E-state index contributed by atoms with van der Waals surface area (Å²) in [5, 5.41) is 3.38. The number of hydrogen-bond acceptors (Lipinski definition) is 3. The quantitative estimate of drug-likeness (QED) is 0.861. The van der Waals surface area contributed by atoms with Gasteiger partial charge in [-0.25, -0.2) is 0 Å². The van der Waals surface area contributed by atoms with Crippen LogP contribution in [0.5, 0.6) is 5.75 Å². The van der Waals surface area contributed by atoms with E-state index < -0.39 is 0 Å². The van der Waals surface area contributed by atoms with Crippen molar-refractivity contribution in [3.05, 3.63) is 29.8 Å². The minimum Gasteiger partial charge on any atom is -0.492 e. The van der Waals surface area contributed by atoms with Crippen molar-refractivity contribution in [2.45, 2.75) is 26.3 Å². The number of nitrogens with one attached hydrogen (secondary N) is 1. The maximum Gasteiger partial charge on any atom is 0.119 e. The molecule has 18 heavy (non-hydrogen) atoms. The van der Waals surface area contributed by atoms with Crippen LogP contribution >= 0.6 is 0 Å². The van der Waals surface area contributed by atoms with Crippen molar-refractivity contribution in [3.63, 3.8) is 0 Å². The summed E-state index contributed by atoms with van der Waals surface area (Å²) < 4.78 is 5.90. The number of hydrogen-bond donors (Lipinski definition) is 1. The second-order valence-electron chi connectivity index (χ2n) is 4.95. The van der Waals surface area contributed by atoms with Crippen LogP contribution in [0, 0.1) is 0 Å². The Bertz CT molecular complexity index is 361. The Morgan fingerprint density at radius 3 is 2.83 bits per heavy atom. The molecule has 2 rings (SSSR count). The van der Waals surface area contributed by atoms with E-state index in [1.807, 2.05) is 6.07 Å². The number of benzene rings is 1. The van der Waals surface area contributed by atoms with Gasteiger partial charge >= 0.3 is 0 Å². The first-order valence-corrected chi connectivity index (χ1v) is 6.96. The predicted molar refractivity (Wildman–Crippen MR) is 75.2 cm³/mol. The molecule has 1 heterocycles. The van der Waals surface area contributed by atoms with Gasteiger partial charge in [-0.05, 0) is 31.0 Å². The molecule has 0 saturated carbocycles. The molecule has 3 nitrogen and oxygen atoms in total. The topological polar surface area (TPSA) is 24.5 Å². The third kappa shape index (κ3) is 3.72. The minimum atomic E-state index is 0.484. The van der Waals surface area contributed by atoms with Crippen molar-refractivity contribution < 1.29 is 4.74 Å². The zero-order valence-corrected chi connectivity index (χ0v) is 11.5. The van der Waals surface area contributed by atoms with Gasteiger partial charge in [-0.15, -0.1) is 0 Å². The molecule has 0 amide bonds. The van der Waals surface area contributed by atoms with E-state index in [2.05, 4.69) is 42.3 Å². The average Bonchev–Trinajstić information content (AvgIpc) is 2.46. The third-order valence-corrected chi connectivity index (χ3v) is 3.57. The molecular weight excluding hydrogens is 224 g/mol. The second kappa shape index (κ2) is 6.76. The largest absolute Gasteiger partial charge is 0.492 e. The fourth-order valence-corrected chi connectivity index (χ4v) is 2.30. The van der Waals surface area contributed by atoms with Gasteiger partial charge in [0.2, 0.25) is 0 Å². The van der Waals surface area contributed by atoms with Crippen LogP contribution in [0.4, 0.5) is 0 Å². The average molecular weight is 248 g/mol. The number of nitrogens with zero attached hydrogens (tertiary/aromatic N) is 1. The third-order valence-electron chi connectivity index (χ3n) is 3.57. The highest BCUT2D eigenvalue weighted by Gasteiger charge is 2.16. The van der Waals surface area contributed by atoms with Crippen molar-refractivity contribution >= 4 is 0 Å². The normalized spacial score (nSPS) is 18.6. The fraction of sp³-hybridized carbons (Fsp3) is 0.600. The maximum absolute atomic E-state index is 5.90. The van der Waals surface area contributed by atoms with Crippen LogP contribution in [0.15, 0.2) is 24.3 Å². The number of piperazine rings is 1. The lowest BCUT2D eigenvalue weighted by Gasteiger charge is -2.32. The summed E-state index contributed by atoms with van der Waals surface area (Å²) in [7, 11) is 0. The summed E-state index contributed by atoms with van der Waals surface area (Å²) in [4.78, 5) is 2.49. The summed E-state index contributed by atoms with van der Waals surface area (Å²) in [5.74, 6) is 0.997. The van der Waals surface area contributed by atoms with Crippen molar-refractivity contribution in [1.82, 2.24) is 10.2 Å². The van der Waals surface area contributed by atoms with Gasteiger partial charge in [0.25, 0.3) is 0 Å². The number of rotatable bonds is 5. The van der Waals surface area contributed by atoms with Gasteiger partial charge in [0.15, 0.2) is 0 Å². The first kappa shape index (κ1) is 13.4. The Morgan fingerprint density at radius 2 is 2.11 bits per heavy atom. The van der Waals surface area contributed by atoms with E-state index in [9.17, 15) is 0 Å². The van der Waals surface area contributed by atoms with Gasteiger partial charge < -0.3 is 10.1 Å². The van der Waals surface area contributed by atoms with Crippen molar-refractivity contribution in [2.75, 3.05) is 32.8 Å². The van der Waals surface area contributed by atoms with Crippen LogP contribution in [-0.4, -0.2) is 43.7 Å². The SMILES string of the molecule is CCc1cccc(OCC(C)N2CCNCC2)c1. The van der Waals surface area contributed by atoms with Gasteiger partial charge in [-0.1, -0.05) is 19.1 Å². The van der Waals surface area contributed by atoms with E-state index in [0.29, 0.717) is 6.04 Å². The fourth-order valence-electron chi connectivity index (χ4n) is 2.30. The smallest absolute Gasteiger partial charge is 0.119 e. The molecule has 1 aromatic carbocycles. The number of ether oxygens (including phenoxy) is 1. The van der Waals surface area contributed by atoms with Crippen LogP contribution in [0.3, 0.4) is 0 Å². The molecule has 1 fully saturated rings. The van der Waals surface area contributed by atoms with Gasteiger partial charge in [-0.3, -0.25) is 4.90 Å². The van der Waals surface area contributed by atoms with Crippen LogP contribution < -0.4 is 10.1 Å². The van der Waals surface area contributed by atoms with Crippen LogP contribution in [0.25, 0.3) is 0 Å². The van der Waals surface area contributed by atoms with Gasteiger partial charge in [-0.2, -0.15) is 0 Å². The first-order chi connectivity index (χ1) is 8.79.